The van der Waals surface area contributed by atoms with E-state index in [2.05, 4.69) is 0 Å². The number of amides is 2. The van der Waals surface area contributed by atoms with Crippen LogP contribution in [0.5, 0.6) is 0 Å². The van der Waals surface area contributed by atoms with Gasteiger partial charge in [0.1, 0.15) is 12.2 Å². The minimum atomic E-state index is -1.58. The third kappa shape index (κ3) is 10.5. The van der Waals surface area contributed by atoms with Gasteiger partial charge in [0, 0.05) is 0 Å². The van der Waals surface area contributed by atoms with E-state index in [1.165, 1.54) is 0 Å². The molecule has 6 nitrogen and oxygen atoms in total. The Balaban J connectivity index is 0. The number of carboxylic acid groups (broad SMARTS) is 2. The Morgan fingerprint density at radius 2 is 1.40 bits per heavy atom. The number of carbonyl (C=O) groups excluding carboxylic acids is 2. The molecule has 0 aromatic rings. The molecular weight excluding hydrogens is 213 g/mol. The van der Waals surface area contributed by atoms with Crippen LogP contribution in [0, 0.1) is 0 Å². The van der Waals surface area contributed by atoms with Crippen LogP contribution in [0.2, 0.25) is 0 Å². The molecule has 0 saturated heterocycles. The quantitative estimate of drug-likeness (QED) is 0.389. The second-order valence-corrected chi connectivity index (χ2v) is 1.49. The fraction of sp³-hybridized carbons (Fsp3) is 0. The molecule has 0 aromatic carbocycles. The van der Waals surface area contributed by atoms with E-state index in [0.29, 0.717) is 0 Å². The molecule has 8 heteroatoms. The number of hydrogen-bond donors (Lipinski definition) is 2. The molecule has 0 atom stereocenters. The van der Waals surface area contributed by atoms with Crippen molar-refractivity contribution in [3.05, 3.63) is 0 Å². The van der Waals surface area contributed by atoms with Crippen molar-refractivity contribution in [1.29, 1.82) is 0 Å². The Bertz CT molecular complexity index is 116. The Morgan fingerprint density at radius 1 is 1.10 bits per heavy atom. The van der Waals surface area contributed by atoms with Crippen LogP contribution in [-0.2, 0) is 19.5 Å². The van der Waals surface area contributed by atoms with Gasteiger partial charge in [-0.15, -0.1) is 0 Å². The minimum absolute atomic E-state index is 0. The van der Waals surface area contributed by atoms with Crippen molar-refractivity contribution >= 4 is 24.3 Å². The summed E-state index contributed by atoms with van der Waals surface area (Å²) < 4.78 is 3.13. The molecule has 0 bridgehead atoms. The van der Waals surface area contributed by atoms with E-state index in [1.54, 1.807) is 9.44 Å². The minimum Gasteiger partial charge on any atom is -0.529 e. The van der Waals surface area contributed by atoms with Crippen LogP contribution in [0.1, 0.15) is 0 Å². The summed E-state index contributed by atoms with van der Waals surface area (Å²) in [5, 5.41) is 19.0. The SMILES string of the molecule is O=C([O-])NSNC(=O)[O-].[Zn+2]. The van der Waals surface area contributed by atoms with E-state index in [0.717, 1.165) is 0 Å². The van der Waals surface area contributed by atoms with Crippen molar-refractivity contribution < 1.29 is 39.3 Å². The number of nitrogens with one attached hydrogen (secondary N) is 2. The molecule has 0 saturated carbocycles. The van der Waals surface area contributed by atoms with Crippen LogP contribution in [0.3, 0.4) is 0 Å². The summed E-state index contributed by atoms with van der Waals surface area (Å²) in [5.41, 5.74) is 0. The first-order chi connectivity index (χ1) is 4.13. The number of hydrogen-bond acceptors (Lipinski definition) is 5. The van der Waals surface area contributed by atoms with Crippen LogP contribution in [0.4, 0.5) is 9.59 Å². The van der Waals surface area contributed by atoms with E-state index in [1.807, 2.05) is 0 Å². The molecule has 0 aromatic heterocycles. The normalized spacial score (nSPS) is 7.20. The van der Waals surface area contributed by atoms with E-state index >= 15 is 0 Å². The molecule has 0 heterocycles. The van der Waals surface area contributed by atoms with E-state index < -0.39 is 12.2 Å². The summed E-state index contributed by atoms with van der Waals surface area (Å²) >= 11 is 0.245. The first-order valence-electron chi connectivity index (χ1n) is 1.72. The van der Waals surface area contributed by atoms with E-state index in [-0.39, 0.29) is 31.6 Å². The van der Waals surface area contributed by atoms with Gasteiger partial charge < -0.3 is 19.8 Å². The monoisotopic (exact) mass is 214 g/mol. The van der Waals surface area contributed by atoms with Gasteiger partial charge in [0.05, 0.1) is 12.1 Å². The van der Waals surface area contributed by atoms with Gasteiger partial charge in [-0.1, -0.05) is 0 Å². The maximum atomic E-state index is 9.48. The standard InChI is InChI=1S/C2H4N2O4S.Zn/c5-1(6)3-9-4-2(7)8;/h3-4H,(H,5,6)(H,7,8);/q;+2/p-2. The average Bonchev–Trinajstić information content (AvgIpc) is 1.63. The van der Waals surface area contributed by atoms with Crippen LogP contribution in [0.25, 0.3) is 0 Å². The van der Waals surface area contributed by atoms with E-state index in [9.17, 15) is 19.8 Å². The first-order valence-corrected chi connectivity index (χ1v) is 2.54. The molecule has 2 amide bonds. The van der Waals surface area contributed by atoms with Crippen molar-refractivity contribution in [1.82, 2.24) is 9.44 Å². The van der Waals surface area contributed by atoms with Crippen molar-refractivity contribution in [3.8, 4) is 0 Å². The number of rotatable bonds is 2. The molecular formula is C2H2N2O4SZn. The maximum absolute atomic E-state index is 9.48. The second-order valence-electron chi connectivity index (χ2n) is 0.881. The first kappa shape index (κ1) is 12.2. The Morgan fingerprint density at radius 3 is 1.60 bits per heavy atom. The topological polar surface area (TPSA) is 104 Å². The zero-order chi connectivity index (χ0) is 7.28. The smallest absolute Gasteiger partial charge is 0.529 e. The van der Waals surface area contributed by atoms with Crippen LogP contribution < -0.4 is 19.7 Å². The molecule has 0 aliphatic carbocycles. The fourth-order valence-electron chi connectivity index (χ4n) is 0.109. The molecule has 0 spiro atoms. The Kier molecular flexibility index (Phi) is 8.10. The van der Waals surface area contributed by atoms with Gasteiger partial charge in [0.2, 0.25) is 0 Å². The maximum Gasteiger partial charge on any atom is 2.00 e. The van der Waals surface area contributed by atoms with Crippen molar-refractivity contribution in [3.63, 3.8) is 0 Å². The van der Waals surface area contributed by atoms with Crippen molar-refractivity contribution in [2.45, 2.75) is 0 Å². The van der Waals surface area contributed by atoms with Gasteiger partial charge in [-0.3, -0.25) is 9.44 Å². The predicted molar refractivity (Wildman–Crippen MR) is 24.7 cm³/mol. The zero-order valence-corrected chi connectivity index (χ0v) is 8.53. The molecule has 0 aliphatic rings. The molecule has 10 heavy (non-hydrogen) atoms. The Labute approximate surface area is 73.4 Å². The predicted octanol–water partition coefficient (Wildman–Crippen LogP) is -2.59. The summed E-state index contributed by atoms with van der Waals surface area (Å²) in [6, 6.07) is 0. The second kappa shape index (κ2) is 6.63. The zero-order valence-electron chi connectivity index (χ0n) is 4.75. The average molecular weight is 216 g/mol. The largest absolute Gasteiger partial charge is 2.00 e. The van der Waals surface area contributed by atoms with Gasteiger partial charge in [0.25, 0.3) is 0 Å². The van der Waals surface area contributed by atoms with Crippen LogP contribution in [-0.4, -0.2) is 12.2 Å². The van der Waals surface area contributed by atoms with Gasteiger partial charge in [-0.2, -0.15) is 0 Å². The molecule has 2 N–H and O–H groups in total. The summed E-state index contributed by atoms with van der Waals surface area (Å²) in [6.07, 6.45) is -3.15. The van der Waals surface area contributed by atoms with Crippen molar-refractivity contribution in [2.24, 2.45) is 0 Å². The van der Waals surface area contributed by atoms with E-state index in [4.69, 9.17) is 0 Å². The molecule has 0 radical (unpaired) electrons. The third-order valence-electron chi connectivity index (χ3n) is 0.269. The summed E-state index contributed by atoms with van der Waals surface area (Å²) in [7, 11) is 0. The summed E-state index contributed by atoms with van der Waals surface area (Å²) in [6.45, 7) is 0. The fourth-order valence-corrected chi connectivity index (χ4v) is 0.327. The van der Waals surface area contributed by atoms with Gasteiger partial charge >= 0.3 is 19.5 Å². The number of carbonyl (C=O) groups is 2. The Hall–Kier alpha value is -0.487. The van der Waals surface area contributed by atoms with Gasteiger partial charge in [-0.05, 0) is 0 Å². The van der Waals surface area contributed by atoms with Crippen molar-refractivity contribution in [2.75, 3.05) is 0 Å². The molecule has 0 fully saturated rings. The van der Waals surface area contributed by atoms with Gasteiger partial charge in [-0.25, -0.2) is 0 Å². The third-order valence-corrected chi connectivity index (χ3v) is 0.806. The molecule has 0 rings (SSSR count). The van der Waals surface area contributed by atoms with Crippen LogP contribution >= 0.6 is 12.1 Å². The van der Waals surface area contributed by atoms with Crippen LogP contribution in [0.15, 0.2) is 0 Å². The molecule has 0 aliphatic heterocycles. The molecule has 0 unspecified atom stereocenters. The summed E-state index contributed by atoms with van der Waals surface area (Å²) in [4.78, 5) is 19.0. The summed E-state index contributed by atoms with van der Waals surface area (Å²) in [5.74, 6) is 0. The molecule has 52 valence electrons. The van der Waals surface area contributed by atoms with Gasteiger partial charge in [0.15, 0.2) is 0 Å².